The van der Waals surface area contributed by atoms with Gasteiger partial charge in [-0.2, -0.15) is 0 Å². The number of rotatable bonds is 3. The zero-order chi connectivity index (χ0) is 22.6. The summed E-state index contributed by atoms with van der Waals surface area (Å²) in [6.07, 6.45) is 6.18. The van der Waals surface area contributed by atoms with Crippen LogP contribution in [0.4, 0.5) is 9.93 Å². The lowest BCUT2D eigenvalue weighted by molar-refractivity contribution is 0.0501. The molecular weight excluding hydrogens is 446 g/mol. The van der Waals surface area contributed by atoms with Gasteiger partial charge in [0.2, 0.25) is 0 Å². The van der Waals surface area contributed by atoms with Gasteiger partial charge in [0, 0.05) is 24.2 Å². The zero-order valence-corrected chi connectivity index (χ0v) is 21.2. The van der Waals surface area contributed by atoms with Gasteiger partial charge < -0.3 is 26.8 Å². The molecule has 0 bridgehead atoms. The van der Waals surface area contributed by atoms with Gasteiger partial charge in [-0.15, -0.1) is 12.4 Å². The Morgan fingerprint density at radius 1 is 1.09 bits per heavy atom. The topological polar surface area (TPSA) is 115 Å². The highest BCUT2D eigenvalue weighted by Gasteiger charge is 2.27. The van der Waals surface area contributed by atoms with Crippen molar-refractivity contribution in [2.45, 2.75) is 96.0 Å². The second-order valence-electron chi connectivity index (χ2n) is 9.68. The first-order valence-corrected chi connectivity index (χ1v) is 12.1. The Labute approximate surface area is 201 Å². The van der Waals surface area contributed by atoms with Crippen LogP contribution in [0.15, 0.2) is 18.2 Å². The lowest BCUT2D eigenvalue weighted by atomic mass is 10.2. The van der Waals surface area contributed by atoms with E-state index in [1.54, 1.807) is 11.3 Å². The van der Waals surface area contributed by atoms with Gasteiger partial charge in [0.05, 0.1) is 10.2 Å². The van der Waals surface area contributed by atoms with Crippen molar-refractivity contribution in [3.8, 4) is 0 Å². The number of nitrogens with two attached hydrogens (primary N) is 2. The minimum absolute atomic E-state index is 0. The van der Waals surface area contributed by atoms with E-state index >= 15 is 0 Å². The minimum atomic E-state index is -0.438. The van der Waals surface area contributed by atoms with Crippen LogP contribution in [0.25, 0.3) is 10.2 Å². The maximum atomic E-state index is 11.4. The number of carbonyl (C=O) groups is 1. The quantitative estimate of drug-likeness (QED) is 0.502. The molecule has 0 radical (unpaired) electrons. The molecule has 1 aromatic carbocycles. The molecule has 6 N–H and O–H groups in total. The van der Waals surface area contributed by atoms with Crippen LogP contribution in [-0.2, 0) is 4.74 Å². The van der Waals surface area contributed by atoms with Crippen molar-refractivity contribution >= 4 is 45.2 Å². The molecule has 7 nitrogen and oxygen atoms in total. The fraction of sp³-hybridized carbons (Fsp3) is 0.652. The number of thiazole rings is 1. The third-order valence-electron chi connectivity index (χ3n) is 5.69. The number of fused-ring (bicyclic) bond motifs is 1. The number of nitrogens with zero attached hydrogens (tertiary/aromatic N) is 1. The van der Waals surface area contributed by atoms with E-state index in [0.717, 1.165) is 42.8 Å². The van der Waals surface area contributed by atoms with Crippen LogP contribution in [-0.4, -0.2) is 40.8 Å². The van der Waals surface area contributed by atoms with Gasteiger partial charge in [0.1, 0.15) is 5.60 Å². The molecule has 0 saturated heterocycles. The van der Waals surface area contributed by atoms with E-state index in [1.807, 2.05) is 20.8 Å². The van der Waals surface area contributed by atoms with Crippen molar-refractivity contribution in [1.82, 2.24) is 10.3 Å². The normalized spacial score (nSPS) is 24.9. The number of anilines is 1. The third kappa shape index (κ3) is 7.76. The molecule has 1 aromatic heterocycles. The molecule has 1 heterocycles. The smallest absolute Gasteiger partial charge is 0.407 e. The Morgan fingerprint density at radius 3 is 2.28 bits per heavy atom. The van der Waals surface area contributed by atoms with Crippen molar-refractivity contribution in [2.75, 3.05) is 5.32 Å². The van der Waals surface area contributed by atoms with Crippen LogP contribution >= 0.6 is 23.7 Å². The number of hydrogen-bond acceptors (Lipinski definition) is 7. The number of ether oxygens (including phenoxy) is 1. The predicted molar refractivity (Wildman–Crippen MR) is 136 cm³/mol. The van der Waals surface area contributed by atoms with E-state index in [4.69, 9.17) is 16.2 Å². The van der Waals surface area contributed by atoms with Crippen LogP contribution in [0.2, 0.25) is 0 Å². The van der Waals surface area contributed by atoms with Gasteiger partial charge in [0.15, 0.2) is 5.13 Å². The standard InChI is InChI=1S/C13H17N3S.C10H20N2O2.ClH/c1-8-5-6-11-12(7-8)17-13(16-11)15-10-4-2-3-9(10)14;1-10(2,3)14-9(13)12-8-6-4-5-7(8)11;/h5-7,9-10H,2-4,14H2,1H3,(H,15,16);7-8H,4-6,11H2,1-3H3,(H,12,13);1H/t9-,10-;7-,8-;/m00./s1. The lowest BCUT2D eigenvalue weighted by Gasteiger charge is -2.23. The lowest BCUT2D eigenvalue weighted by Crippen LogP contribution is -2.45. The number of aromatic nitrogens is 1. The first-order valence-electron chi connectivity index (χ1n) is 11.2. The average Bonchev–Trinajstić information content (AvgIpc) is 3.36. The fourth-order valence-corrected chi connectivity index (χ4v) is 5.07. The highest BCUT2D eigenvalue weighted by Crippen LogP contribution is 2.29. The molecule has 4 rings (SSSR count). The van der Waals surface area contributed by atoms with E-state index < -0.39 is 5.60 Å². The van der Waals surface area contributed by atoms with Crippen molar-refractivity contribution < 1.29 is 9.53 Å². The highest BCUT2D eigenvalue weighted by molar-refractivity contribution is 7.22. The molecule has 180 valence electrons. The first kappa shape index (κ1) is 26.6. The van der Waals surface area contributed by atoms with Crippen molar-refractivity contribution in [2.24, 2.45) is 11.5 Å². The molecule has 1 amide bonds. The third-order valence-corrected chi connectivity index (χ3v) is 6.64. The number of aryl methyl sites for hydroxylation is 1. The zero-order valence-electron chi connectivity index (χ0n) is 19.5. The molecule has 2 saturated carbocycles. The number of amides is 1. The monoisotopic (exact) mass is 483 g/mol. The van der Waals surface area contributed by atoms with Crippen LogP contribution in [0.5, 0.6) is 0 Å². The molecular formula is C23H38ClN5O2S. The summed E-state index contributed by atoms with van der Waals surface area (Å²) in [7, 11) is 0. The Hall–Kier alpha value is -1.61. The molecule has 0 unspecified atom stereocenters. The summed E-state index contributed by atoms with van der Waals surface area (Å²) in [5.41, 5.74) is 13.8. The first-order chi connectivity index (χ1) is 14.6. The Morgan fingerprint density at radius 2 is 1.72 bits per heavy atom. The molecule has 9 heteroatoms. The number of halogens is 1. The predicted octanol–water partition coefficient (Wildman–Crippen LogP) is 4.71. The van der Waals surface area contributed by atoms with Crippen LogP contribution in [0.1, 0.15) is 64.9 Å². The largest absolute Gasteiger partial charge is 0.444 e. The molecule has 32 heavy (non-hydrogen) atoms. The van der Waals surface area contributed by atoms with E-state index in [2.05, 4.69) is 40.7 Å². The number of alkyl carbamates (subject to hydrolysis) is 1. The molecule has 0 aliphatic heterocycles. The molecule has 2 fully saturated rings. The number of benzene rings is 1. The van der Waals surface area contributed by atoms with E-state index in [9.17, 15) is 4.79 Å². The Balaban J connectivity index is 0.000000225. The summed E-state index contributed by atoms with van der Waals surface area (Å²) >= 11 is 1.72. The van der Waals surface area contributed by atoms with E-state index in [1.165, 1.54) is 16.7 Å². The molecule has 4 atom stereocenters. The number of nitrogens with one attached hydrogen (secondary N) is 2. The van der Waals surface area contributed by atoms with Crippen molar-refractivity contribution in [3.63, 3.8) is 0 Å². The van der Waals surface area contributed by atoms with Gasteiger partial charge in [0.25, 0.3) is 0 Å². The minimum Gasteiger partial charge on any atom is -0.444 e. The summed E-state index contributed by atoms with van der Waals surface area (Å²) in [5.74, 6) is 0. The average molecular weight is 484 g/mol. The van der Waals surface area contributed by atoms with Gasteiger partial charge in [-0.05, 0) is 83.9 Å². The molecule has 2 aliphatic rings. The maximum Gasteiger partial charge on any atom is 0.407 e. The summed E-state index contributed by atoms with van der Waals surface area (Å²) in [4.78, 5) is 16.0. The summed E-state index contributed by atoms with van der Waals surface area (Å²) < 4.78 is 6.39. The van der Waals surface area contributed by atoms with Crippen LogP contribution < -0.4 is 22.1 Å². The second kappa shape index (κ2) is 11.5. The van der Waals surface area contributed by atoms with Gasteiger partial charge in [-0.25, -0.2) is 9.78 Å². The second-order valence-corrected chi connectivity index (χ2v) is 10.7. The number of hydrogen-bond donors (Lipinski definition) is 4. The number of carbonyl (C=O) groups excluding carboxylic acids is 1. The van der Waals surface area contributed by atoms with Gasteiger partial charge in [-0.1, -0.05) is 17.4 Å². The van der Waals surface area contributed by atoms with Crippen molar-refractivity contribution in [3.05, 3.63) is 23.8 Å². The summed E-state index contributed by atoms with van der Waals surface area (Å²) in [6, 6.07) is 7.23. The SMILES string of the molecule is CC(C)(C)OC(=O)N[C@H]1CCC[C@@H]1N.Cc1ccc2nc(N[C@H]3CCC[C@@H]3N)sc2c1.Cl. The van der Waals surface area contributed by atoms with Crippen molar-refractivity contribution in [1.29, 1.82) is 0 Å². The van der Waals surface area contributed by atoms with Gasteiger partial charge >= 0.3 is 6.09 Å². The van der Waals surface area contributed by atoms with E-state index in [0.29, 0.717) is 6.04 Å². The van der Waals surface area contributed by atoms with E-state index in [-0.39, 0.29) is 36.6 Å². The van der Waals surface area contributed by atoms with Crippen LogP contribution in [0, 0.1) is 6.92 Å². The highest BCUT2D eigenvalue weighted by atomic mass is 35.5. The molecule has 2 aromatic rings. The summed E-state index contributed by atoms with van der Waals surface area (Å²) in [5, 5.41) is 7.29. The maximum absolute atomic E-state index is 11.4. The molecule has 0 spiro atoms. The fourth-order valence-electron chi connectivity index (χ4n) is 4.05. The van der Waals surface area contributed by atoms with Gasteiger partial charge in [-0.3, -0.25) is 0 Å². The molecule has 2 aliphatic carbocycles. The summed E-state index contributed by atoms with van der Waals surface area (Å²) in [6.45, 7) is 7.66. The Kier molecular flexibility index (Phi) is 9.57. The Bertz CT molecular complexity index is 885. The van der Waals surface area contributed by atoms with Crippen LogP contribution in [0.3, 0.4) is 0 Å².